The lowest BCUT2D eigenvalue weighted by Crippen LogP contribution is -2.18. The van der Waals surface area contributed by atoms with Crippen molar-refractivity contribution in [2.45, 2.75) is 19.8 Å². The molecule has 1 aliphatic rings. The zero-order valence-electron chi connectivity index (χ0n) is 11.6. The van der Waals surface area contributed by atoms with Gasteiger partial charge < -0.3 is 20.1 Å². The van der Waals surface area contributed by atoms with Crippen LogP contribution in [-0.2, 0) is 4.74 Å². The highest BCUT2D eigenvalue weighted by molar-refractivity contribution is 7.19. The van der Waals surface area contributed by atoms with E-state index in [1.54, 1.807) is 7.11 Å². The number of carbonyl (C=O) groups excluding carboxylic acids is 1. The number of ether oxygens (including phenoxy) is 2. The average molecular weight is 284 g/mol. The van der Waals surface area contributed by atoms with Crippen LogP contribution in [0.5, 0.6) is 5.75 Å². The van der Waals surface area contributed by atoms with Crippen LogP contribution in [0.1, 0.15) is 29.4 Å². The van der Waals surface area contributed by atoms with E-state index < -0.39 is 5.97 Å². The Morgan fingerprint density at radius 1 is 1.53 bits per heavy atom. The van der Waals surface area contributed by atoms with Crippen LogP contribution in [0.2, 0.25) is 0 Å². The number of carbonyl (C=O) groups is 1. The highest BCUT2D eigenvalue weighted by Gasteiger charge is 2.29. The van der Waals surface area contributed by atoms with E-state index in [0.717, 1.165) is 18.1 Å². The molecule has 1 unspecified atom stereocenters. The minimum Gasteiger partial charge on any atom is -0.492 e. The van der Waals surface area contributed by atoms with Gasteiger partial charge in [0.15, 0.2) is 5.75 Å². The summed E-state index contributed by atoms with van der Waals surface area (Å²) in [7, 11) is 2.94. The lowest BCUT2D eigenvalue weighted by Gasteiger charge is -2.17. The van der Waals surface area contributed by atoms with Gasteiger partial charge in [-0.25, -0.2) is 4.79 Å². The molecular weight excluding hydrogens is 264 g/mol. The molecule has 1 aliphatic heterocycles. The van der Waals surface area contributed by atoms with Gasteiger partial charge in [0.2, 0.25) is 0 Å². The van der Waals surface area contributed by atoms with E-state index >= 15 is 0 Å². The molecule has 19 heavy (non-hydrogen) atoms. The summed E-state index contributed by atoms with van der Waals surface area (Å²) in [6.07, 6.45) is 2.34. The van der Waals surface area contributed by atoms with Crippen molar-refractivity contribution in [1.29, 1.82) is 0 Å². The molecule has 2 N–H and O–H groups in total. The van der Waals surface area contributed by atoms with E-state index in [2.05, 4.69) is 11.8 Å². The predicted octanol–water partition coefficient (Wildman–Crippen LogP) is 2.36. The molecule has 0 aromatic carbocycles. The summed E-state index contributed by atoms with van der Waals surface area (Å²) in [6.45, 7) is 4.18. The zero-order chi connectivity index (χ0) is 14.0. The number of methoxy groups -OCH3 is 2. The van der Waals surface area contributed by atoms with Crippen LogP contribution in [0.4, 0.5) is 10.7 Å². The van der Waals surface area contributed by atoms with Crippen LogP contribution in [-0.4, -0.2) is 33.3 Å². The van der Waals surface area contributed by atoms with Crippen molar-refractivity contribution in [3.63, 3.8) is 0 Å². The molecule has 0 amide bonds. The maximum absolute atomic E-state index is 11.7. The summed E-state index contributed by atoms with van der Waals surface area (Å²) in [5.74, 6) is 0.898. The number of nitrogens with zero attached hydrogens (tertiary/aromatic N) is 1. The standard InChI is InChI=1S/C13H20N2O3S/c1-4-8-5-6-15(7-8)12-10(17-2)9(14)11(19-12)13(16)18-3/h8H,4-7,14H2,1-3H3. The molecule has 1 atom stereocenters. The molecule has 1 fully saturated rings. The minimum atomic E-state index is -0.404. The number of hydrogen-bond donors (Lipinski definition) is 1. The van der Waals surface area contributed by atoms with E-state index in [0.29, 0.717) is 22.2 Å². The fourth-order valence-corrected chi connectivity index (χ4v) is 3.56. The number of nitrogens with two attached hydrogens (primary N) is 1. The lowest BCUT2D eigenvalue weighted by atomic mass is 10.1. The summed E-state index contributed by atoms with van der Waals surface area (Å²) >= 11 is 1.35. The fraction of sp³-hybridized carbons (Fsp3) is 0.615. The number of rotatable bonds is 4. The Morgan fingerprint density at radius 3 is 2.79 bits per heavy atom. The SMILES string of the molecule is CCC1CCN(c2sc(C(=O)OC)c(N)c2OC)C1. The van der Waals surface area contributed by atoms with Gasteiger partial charge in [0.25, 0.3) is 0 Å². The molecule has 5 nitrogen and oxygen atoms in total. The number of esters is 1. The highest BCUT2D eigenvalue weighted by atomic mass is 32.1. The van der Waals surface area contributed by atoms with Gasteiger partial charge in [0, 0.05) is 13.1 Å². The maximum atomic E-state index is 11.7. The van der Waals surface area contributed by atoms with E-state index in [1.165, 1.54) is 31.3 Å². The third-order valence-corrected chi connectivity index (χ3v) is 4.84. The van der Waals surface area contributed by atoms with Crippen molar-refractivity contribution in [3.05, 3.63) is 4.88 Å². The second kappa shape index (κ2) is 5.69. The zero-order valence-corrected chi connectivity index (χ0v) is 12.4. The fourth-order valence-electron chi connectivity index (χ4n) is 2.42. The first-order chi connectivity index (χ1) is 9.12. The van der Waals surface area contributed by atoms with Gasteiger partial charge in [0.1, 0.15) is 15.6 Å². The number of nitrogen functional groups attached to an aromatic ring is 1. The Kier molecular flexibility index (Phi) is 4.19. The van der Waals surface area contributed by atoms with E-state index in [4.69, 9.17) is 15.2 Å². The molecule has 1 aromatic heterocycles. The molecule has 0 aliphatic carbocycles. The van der Waals surface area contributed by atoms with E-state index in [1.807, 2.05) is 0 Å². The van der Waals surface area contributed by atoms with Gasteiger partial charge in [-0.2, -0.15) is 0 Å². The summed E-state index contributed by atoms with van der Waals surface area (Å²) in [5, 5.41) is 0.941. The van der Waals surface area contributed by atoms with Gasteiger partial charge in [0.05, 0.1) is 14.2 Å². The second-order valence-electron chi connectivity index (χ2n) is 4.68. The Hall–Kier alpha value is -1.43. The quantitative estimate of drug-likeness (QED) is 0.860. The van der Waals surface area contributed by atoms with E-state index in [-0.39, 0.29) is 0 Å². The van der Waals surface area contributed by atoms with Gasteiger partial charge >= 0.3 is 5.97 Å². The van der Waals surface area contributed by atoms with Crippen LogP contribution in [0, 0.1) is 5.92 Å². The number of thiophene rings is 1. The van der Waals surface area contributed by atoms with Crippen molar-refractivity contribution in [2.24, 2.45) is 5.92 Å². The molecule has 2 heterocycles. The average Bonchev–Trinajstić information content (AvgIpc) is 3.01. The van der Waals surface area contributed by atoms with Crippen LogP contribution in [0.3, 0.4) is 0 Å². The van der Waals surface area contributed by atoms with Crippen molar-refractivity contribution in [2.75, 3.05) is 37.9 Å². The smallest absolute Gasteiger partial charge is 0.350 e. The van der Waals surface area contributed by atoms with Crippen molar-refractivity contribution in [3.8, 4) is 5.75 Å². The normalized spacial score (nSPS) is 18.7. The van der Waals surface area contributed by atoms with Crippen molar-refractivity contribution < 1.29 is 14.3 Å². The Labute approximate surface area is 117 Å². The molecule has 0 bridgehead atoms. The number of hydrogen-bond acceptors (Lipinski definition) is 6. The van der Waals surface area contributed by atoms with Crippen LogP contribution in [0.25, 0.3) is 0 Å². The first-order valence-electron chi connectivity index (χ1n) is 6.41. The van der Waals surface area contributed by atoms with Gasteiger partial charge in [-0.15, -0.1) is 11.3 Å². The minimum absolute atomic E-state index is 0.384. The van der Waals surface area contributed by atoms with Gasteiger partial charge in [-0.05, 0) is 12.3 Å². The molecule has 106 valence electrons. The summed E-state index contributed by atoms with van der Waals surface area (Å²) in [4.78, 5) is 14.4. The summed E-state index contributed by atoms with van der Waals surface area (Å²) in [5.41, 5.74) is 6.37. The third kappa shape index (κ3) is 2.49. The molecule has 6 heteroatoms. The first-order valence-corrected chi connectivity index (χ1v) is 7.23. The molecule has 1 aromatic rings. The van der Waals surface area contributed by atoms with Crippen LogP contribution >= 0.6 is 11.3 Å². The van der Waals surface area contributed by atoms with Gasteiger partial charge in [-0.1, -0.05) is 13.3 Å². The maximum Gasteiger partial charge on any atom is 0.350 e. The summed E-state index contributed by atoms with van der Waals surface area (Å²) in [6, 6.07) is 0. The Morgan fingerprint density at radius 2 is 2.26 bits per heavy atom. The van der Waals surface area contributed by atoms with Gasteiger partial charge in [-0.3, -0.25) is 0 Å². The van der Waals surface area contributed by atoms with Crippen molar-refractivity contribution >= 4 is 28.0 Å². The topological polar surface area (TPSA) is 64.8 Å². The molecule has 1 saturated heterocycles. The van der Waals surface area contributed by atoms with E-state index in [9.17, 15) is 4.79 Å². The molecule has 0 radical (unpaired) electrons. The molecular formula is C13H20N2O3S. The third-order valence-electron chi connectivity index (χ3n) is 3.61. The largest absolute Gasteiger partial charge is 0.492 e. The van der Waals surface area contributed by atoms with Crippen LogP contribution in [0.15, 0.2) is 0 Å². The second-order valence-corrected chi connectivity index (χ2v) is 5.68. The lowest BCUT2D eigenvalue weighted by molar-refractivity contribution is 0.0607. The monoisotopic (exact) mass is 284 g/mol. The molecule has 0 saturated carbocycles. The Balaban J connectivity index is 2.32. The highest BCUT2D eigenvalue weighted by Crippen LogP contribution is 2.46. The first kappa shape index (κ1) is 14.0. The Bertz CT molecular complexity index is 473. The molecule has 0 spiro atoms. The molecule has 2 rings (SSSR count). The van der Waals surface area contributed by atoms with Crippen LogP contribution < -0.4 is 15.4 Å². The van der Waals surface area contributed by atoms with Crippen molar-refractivity contribution in [1.82, 2.24) is 0 Å². The number of anilines is 2. The summed E-state index contributed by atoms with van der Waals surface area (Å²) < 4.78 is 10.1. The predicted molar refractivity (Wildman–Crippen MR) is 77.2 cm³/mol.